The Morgan fingerprint density at radius 3 is 2.77 bits per heavy atom. The van der Waals surface area contributed by atoms with E-state index in [0.29, 0.717) is 31.2 Å². The number of nitrogens with zero attached hydrogens (tertiary/aromatic N) is 2. The van der Waals surface area contributed by atoms with Gasteiger partial charge in [0.15, 0.2) is 0 Å². The van der Waals surface area contributed by atoms with Crippen LogP contribution in [0.2, 0.25) is 0 Å². The number of fused-ring (bicyclic) bond motifs is 1. The van der Waals surface area contributed by atoms with E-state index in [0.717, 1.165) is 12.0 Å². The van der Waals surface area contributed by atoms with Gasteiger partial charge in [-0.05, 0) is 36.5 Å². The molecule has 3 unspecified atom stereocenters. The first-order chi connectivity index (χ1) is 12.5. The van der Waals surface area contributed by atoms with E-state index in [2.05, 4.69) is 37.4 Å². The van der Waals surface area contributed by atoms with Gasteiger partial charge in [0, 0.05) is 29.3 Å². The Hall–Kier alpha value is -2.00. The molecule has 3 rings (SSSR count). The number of rotatable bonds is 4. The normalized spacial score (nSPS) is 25.4. The molecule has 5 nitrogen and oxygen atoms in total. The summed E-state index contributed by atoms with van der Waals surface area (Å²) in [7, 11) is 0. The molecule has 1 N–H and O–H groups in total. The summed E-state index contributed by atoms with van der Waals surface area (Å²) in [6, 6.07) is 10.4. The number of piperidine rings is 2. The molecular weight excluding hydrogens is 346 g/mol. The largest absolute Gasteiger partial charge is 0.352 e. The van der Waals surface area contributed by atoms with Crippen molar-refractivity contribution >= 4 is 23.6 Å². The third-order valence-corrected chi connectivity index (χ3v) is 6.09. The van der Waals surface area contributed by atoms with Crippen LogP contribution < -0.4 is 5.32 Å². The summed E-state index contributed by atoms with van der Waals surface area (Å²) in [5.41, 5.74) is 1.03. The van der Waals surface area contributed by atoms with Crippen LogP contribution in [0.3, 0.4) is 0 Å². The summed E-state index contributed by atoms with van der Waals surface area (Å²) < 4.78 is 0. The van der Waals surface area contributed by atoms with Crippen molar-refractivity contribution in [2.45, 2.75) is 49.3 Å². The zero-order valence-electron chi connectivity index (χ0n) is 15.3. The number of hydrogen-bond donors (Lipinski definition) is 1. The van der Waals surface area contributed by atoms with Crippen LogP contribution in [0.5, 0.6) is 0 Å². The summed E-state index contributed by atoms with van der Waals surface area (Å²) in [6.45, 7) is 5.62. The lowest BCUT2D eigenvalue weighted by Gasteiger charge is -2.42. The van der Waals surface area contributed by atoms with Crippen molar-refractivity contribution in [2.75, 3.05) is 13.1 Å². The molecule has 2 heterocycles. The minimum Gasteiger partial charge on any atom is -0.352 e. The SMILES string of the molecule is CC(C)Sc1ccc(CC(=O)N2CCC3NC(=O)C(C#N)CC3C2)cc1. The van der Waals surface area contributed by atoms with E-state index in [1.165, 1.54) is 4.90 Å². The molecule has 2 saturated heterocycles. The van der Waals surface area contributed by atoms with Gasteiger partial charge in [-0.3, -0.25) is 9.59 Å². The van der Waals surface area contributed by atoms with Crippen molar-refractivity contribution in [2.24, 2.45) is 11.8 Å². The molecule has 2 amide bonds. The van der Waals surface area contributed by atoms with Crippen LogP contribution in [-0.4, -0.2) is 41.1 Å². The van der Waals surface area contributed by atoms with E-state index in [1.807, 2.05) is 28.8 Å². The van der Waals surface area contributed by atoms with Gasteiger partial charge in [-0.2, -0.15) is 5.26 Å². The van der Waals surface area contributed by atoms with Crippen molar-refractivity contribution < 1.29 is 9.59 Å². The van der Waals surface area contributed by atoms with Crippen molar-refractivity contribution in [1.82, 2.24) is 10.2 Å². The van der Waals surface area contributed by atoms with Gasteiger partial charge in [0.05, 0.1) is 12.5 Å². The minimum atomic E-state index is -0.586. The highest BCUT2D eigenvalue weighted by atomic mass is 32.2. The molecule has 138 valence electrons. The molecule has 0 radical (unpaired) electrons. The van der Waals surface area contributed by atoms with Crippen LogP contribution in [0.25, 0.3) is 0 Å². The molecule has 2 aliphatic heterocycles. The highest BCUT2D eigenvalue weighted by molar-refractivity contribution is 7.99. The summed E-state index contributed by atoms with van der Waals surface area (Å²) in [4.78, 5) is 27.6. The molecule has 0 saturated carbocycles. The fourth-order valence-electron chi connectivity index (χ4n) is 3.74. The Balaban J connectivity index is 1.57. The Labute approximate surface area is 159 Å². The maximum absolute atomic E-state index is 12.7. The van der Waals surface area contributed by atoms with E-state index >= 15 is 0 Å². The average molecular weight is 372 g/mol. The number of amides is 2. The second-order valence-electron chi connectivity index (χ2n) is 7.41. The molecular formula is C20H25N3O2S. The molecule has 2 aliphatic rings. The van der Waals surface area contributed by atoms with Gasteiger partial charge in [0.2, 0.25) is 11.8 Å². The summed E-state index contributed by atoms with van der Waals surface area (Å²) in [5.74, 6) is -0.442. The average Bonchev–Trinajstić information content (AvgIpc) is 2.62. The third kappa shape index (κ3) is 4.39. The quantitative estimate of drug-likeness (QED) is 0.826. The van der Waals surface area contributed by atoms with Gasteiger partial charge in [0.1, 0.15) is 5.92 Å². The molecule has 0 bridgehead atoms. The number of thioether (sulfide) groups is 1. The topological polar surface area (TPSA) is 73.2 Å². The molecule has 0 aliphatic carbocycles. The highest BCUT2D eigenvalue weighted by Gasteiger charge is 2.39. The van der Waals surface area contributed by atoms with Gasteiger partial charge in [-0.25, -0.2) is 0 Å². The molecule has 26 heavy (non-hydrogen) atoms. The zero-order chi connectivity index (χ0) is 18.7. The first kappa shape index (κ1) is 18.8. The Morgan fingerprint density at radius 1 is 1.38 bits per heavy atom. The van der Waals surface area contributed by atoms with E-state index in [1.54, 1.807) is 0 Å². The molecule has 0 spiro atoms. The van der Waals surface area contributed by atoms with Gasteiger partial charge in [-0.1, -0.05) is 26.0 Å². The van der Waals surface area contributed by atoms with Crippen molar-refractivity contribution in [3.63, 3.8) is 0 Å². The molecule has 2 fully saturated rings. The van der Waals surface area contributed by atoms with Crippen LogP contribution in [0.1, 0.15) is 32.3 Å². The fraction of sp³-hybridized carbons (Fsp3) is 0.550. The lowest BCUT2D eigenvalue weighted by atomic mass is 9.80. The molecule has 6 heteroatoms. The second kappa shape index (κ2) is 8.13. The molecule has 1 aromatic rings. The molecule has 3 atom stereocenters. The number of carbonyl (C=O) groups is 2. The highest BCUT2D eigenvalue weighted by Crippen LogP contribution is 2.29. The summed E-state index contributed by atoms with van der Waals surface area (Å²) >= 11 is 1.81. The predicted octanol–water partition coefficient (Wildman–Crippen LogP) is 2.61. The first-order valence-corrected chi connectivity index (χ1v) is 10.1. The van der Waals surface area contributed by atoms with E-state index in [-0.39, 0.29) is 23.8 Å². The maximum atomic E-state index is 12.7. The monoisotopic (exact) mass is 371 g/mol. The fourth-order valence-corrected chi connectivity index (χ4v) is 4.57. The lowest BCUT2D eigenvalue weighted by Crippen LogP contribution is -2.57. The molecule has 0 aromatic heterocycles. The number of nitrogens with one attached hydrogen (secondary N) is 1. The summed E-state index contributed by atoms with van der Waals surface area (Å²) in [5, 5.41) is 12.6. The zero-order valence-corrected chi connectivity index (χ0v) is 16.1. The Bertz CT molecular complexity index is 711. The first-order valence-electron chi connectivity index (χ1n) is 9.19. The van der Waals surface area contributed by atoms with Crippen LogP contribution in [-0.2, 0) is 16.0 Å². The van der Waals surface area contributed by atoms with Crippen LogP contribution in [0.4, 0.5) is 0 Å². The number of hydrogen-bond acceptors (Lipinski definition) is 4. The standard InChI is InChI=1S/C20H25N3O2S/c1-13(2)26-17-5-3-14(4-6-17)9-19(24)23-8-7-18-16(12-23)10-15(11-21)20(25)22-18/h3-6,13,15-16,18H,7-10,12H2,1-2H3,(H,22,25). The summed E-state index contributed by atoms with van der Waals surface area (Å²) in [6.07, 6.45) is 1.72. The van der Waals surface area contributed by atoms with Gasteiger partial charge in [0.25, 0.3) is 0 Å². The van der Waals surface area contributed by atoms with E-state index in [9.17, 15) is 9.59 Å². The van der Waals surface area contributed by atoms with Crippen molar-refractivity contribution in [3.8, 4) is 6.07 Å². The van der Waals surface area contributed by atoms with Gasteiger partial charge in [-0.15, -0.1) is 11.8 Å². The van der Waals surface area contributed by atoms with Gasteiger partial charge < -0.3 is 10.2 Å². The number of nitriles is 1. The van der Waals surface area contributed by atoms with E-state index in [4.69, 9.17) is 5.26 Å². The van der Waals surface area contributed by atoms with Crippen LogP contribution >= 0.6 is 11.8 Å². The third-order valence-electron chi connectivity index (χ3n) is 5.08. The smallest absolute Gasteiger partial charge is 0.237 e. The Morgan fingerprint density at radius 2 is 2.12 bits per heavy atom. The van der Waals surface area contributed by atoms with Crippen molar-refractivity contribution in [1.29, 1.82) is 5.26 Å². The second-order valence-corrected chi connectivity index (χ2v) is 9.06. The maximum Gasteiger partial charge on any atom is 0.237 e. The van der Waals surface area contributed by atoms with Crippen molar-refractivity contribution in [3.05, 3.63) is 29.8 Å². The van der Waals surface area contributed by atoms with Crippen LogP contribution in [0, 0.1) is 23.2 Å². The lowest BCUT2D eigenvalue weighted by molar-refractivity contribution is -0.135. The Kier molecular flexibility index (Phi) is 5.87. The number of carbonyl (C=O) groups excluding carboxylic acids is 2. The van der Waals surface area contributed by atoms with Gasteiger partial charge >= 0.3 is 0 Å². The van der Waals surface area contributed by atoms with E-state index < -0.39 is 5.92 Å². The predicted molar refractivity (Wildman–Crippen MR) is 101 cm³/mol. The molecule has 1 aromatic carbocycles. The number of likely N-dealkylation sites (tertiary alicyclic amines) is 1. The number of benzene rings is 1. The minimum absolute atomic E-state index is 0.100. The van der Waals surface area contributed by atoms with Crippen LogP contribution in [0.15, 0.2) is 29.2 Å².